The Morgan fingerprint density at radius 1 is 1.03 bits per heavy atom. The Hall–Kier alpha value is -3.88. The number of amides is 1. The van der Waals surface area contributed by atoms with E-state index in [1.165, 1.54) is 0 Å². The van der Waals surface area contributed by atoms with Crippen LogP contribution in [0.15, 0.2) is 48.5 Å². The van der Waals surface area contributed by atoms with Gasteiger partial charge in [0, 0.05) is 25.1 Å². The van der Waals surface area contributed by atoms with E-state index < -0.39 is 0 Å². The minimum Gasteiger partial charge on any atom is -0.350 e. The van der Waals surface area contributed by atoms with E-state index in [0.29, 0.717) is 24.7 Å². The molecule has 176 valence electrons. The highest BCUT2D eigenvalue weighted by Gasteiger charge is 2.18. The second kappa shape index (κ2) is 10.8. The third kappa shape index (κ3) is 5.19. The van der Waals surface area contributed by atoms with Crippen molar-refractivity contribution in [3.63, 3.8) is 0 Å². The molecule has 2 aromatic heterocycles. The van der Waals surface area contributed by atoms with Gasteiger partial charge in [0.2, 0.25) is 5.82 Å². The predicted octanol–water partition coefficient (Wildman–Crippen LogP) is 3.90. The van der Waals surface area contributed by atoms with E-state index in [2.05, 4.69) is 80.2 Å². The number of H-pyrrole nitrogens is 1. The molecule has 1 amide bonds. The van der Waals surface area contributed by atoms with E-state index in [9.17, 15) is 4.79 Å². The quantitative estimate of drug-likeness (QED) is 0.372. The number of rotatable bonds is 10. The van der Waals surface area contributed by atoms with Gasteiger partial charge in [-0.1, -0.05) is 75.2 Å². The Bertz CT molecular complexity index is 1210. The summed E-state index contributed by atoms with van der Waals surface area (Å²) in [7, 11) is 0. The Balaban J connectivity index is 1.59. The largest absolute Gasteiger partial charge is 0.350 e. The minimum absolute atomic E-state index is 0.231. The van der Waals surface area contributed by atoms with Crippen molar-refractivity contribution in [1.82, 2.24) is 40.7 Å². The standard InChI is InChI=1S/C25H30N8O/c1-4-17(5-2)16-33-22(27-24(30-33)25(34)26-6-3)15-18-11-13-19(14-12-18)20-9-7-8-10-21(20)23-28-31-32-29-23/h7-14,17H,4-6,15-16H2,1-3H3,(H,26,34)(H,28,29,31,32). The Kier molecular flexibility index (Phi) is 7.41. The summed E-state index contributed by atoms with van der Waals surface area (Å²) in [5, 5.41) is 21.6. The Morgan fingerprint density at radius 3 is 2.41 bits per heavy atom. The van der Waals surface area contributed by atoms with E-state index >= 15 is 0 Å². The molecule has 2 aromatic carbocycles. The minimum atomic E-state index is -0.235. The van der Waals surface area contributed by atoms with Crippen LogP contribution in [0, 0.1) is 5.92 Å². The number of nitrogens with one attached hydrogen (secondary N) is 2. The molecule has 2 heterocycles. The van der Waals surface area contributed by atoms with E-state index in [1.54, 1.807) is 0 Å². The van der Waals surface area contributed by atoms with Gasteiger partial charge >= 0.3 is 0 Å². The second-order valence-electron chi connectivity index (χ2n) is 8.24. The lowest BCUT2D eigenvalue weighted by molar-refractivity contribution is 0.0945. The summed E-state index contributed by atoms with van der Waals surface area (Å²) in [6.45, 7) is 7.55. The summed E-state index contributed by atoms with van der Waals surface area (Å²) < 4.78 is 1.91. The zero-order chi connectivity index (χ0) is 23.9. The summed E-state index contributed by atoms with van der Waals surface area (Å²) in [4.78, 5) is 16.9. The van der Waals surface area contributed by atoms with Gasteiger partial charge in [-0.05, 0) is 40.0 Å². The van der Waals surface area contributed by atoms with Crippen LogP contribution in [-0.2, 0) is 13.0 Å². The van der Waals surface area contributed by atoms with Crippen LogP contribution in [0.25, 0.3) is 22.5 Å². The molecule has 0 aliphatic rings. The molecule has 0 saturated carbocycles. The topological polar surface area (TPSA) is 114 Å². The fourth-order valence-electron chi connectivity index (χ4n) is 3.98. The van der Waals surface area contributed by atoms with Gasteiger partial charge in [0.15, 0.2) is 5.82 Å². The number of hydrogen-bond donors (Lipinski definition) is 2. The van der Waals surface area contributed by atoms with Crippen LogP contribution in [-0.4, -0.2) is 47.8 Å². The van der Waals surface area contributed by atoms with Crippen molar-refractivity contribution in [2.24, 2.45) is 5.92 Å². The van der Waals surface area contributed by atoms with Crippen molar-refractivity contribution in [2.45, 2.75) is 46.6 Å². The Labute approximate surface area is 199 Å². The van der Waals surface area contributed by atoms with Gasteiger partial charge in [-0.15, -0.1) is 10.2 Å². The van der Waals surface area contributed by atoms with Gasteiger partial charge in [0.1, 0.15) is 5.82 Å². The van der Waals surface area contributed by atoms with Crippen molar-refractivity contribution in [3.8, 4) is 22.5 Å². The first kappa shape index (κ1) is 23.3. The summed E-state index contributed by atoms with van der Waals surface area (Å²) in [6.07, 6.45) is 2.71. The van der Waals surface area contributed by atoms with Gasteiger partial charge in [0.05, 0.1) is 0 Å². The molecule has 0 aliphatic heterocycles. The van der Waals surface area contributed by atoms with Crippen LogP contribution in [0.2, 0.25) is 0 Å². The van der Waals surface area contributed by atoms with E-state index in [1.807, 2.05) is 29.8 Å². The van der Waals surface area contributed by atoms with Crippen molar-refractivity contribution < 1.29 is 4.79 Å². The molecular weight excluding hydrogens is 428 g/mol. The molecule has 0 bridgehead atoms. The van der Waals surface area contributed by atoms with E-state index in [4.69, 9.17) is 0 Å². The first-order chi connectivity index (χ1) is 16.6. The lowest BCUT2D eigenvalue weighted by atomic mass is 9.97. The first-order valence-electron chi connectivity index (χ1n) is 11.8. The number of carbonyl (C=O) groups is 1. The molecule has 34 heavy (non-hydrogen) atoms. The maximum absolute atomic E-state index is 12.4. The number of carbonyl (C=O) groups excluding carboxylic acids is 1. The van der Waals surface area contributed by atoms with Crippen molar-refractivity contribution in [3.05, 3.63) is 65.7 Å². The molecule has 0 spiro atoms. The molecule has 0 saturated heterocycles. The lowest BCUT2D eigenvalue weighted by Crippen LogP contribution is -2.24. The molecule has 9 heteroatoms. The van der Waals surface area contributed by atoms with Gasteiger partial charge in [-0.25, -0.2) is 14.8 Å². The van der Waals surface area contributed by atoms with Gasteiger partial charge < -0.3 is 5.32 Å². The molecule has 0 aliphatic carbocycles. The van der Waals surface area contributed by atoms with Crippen LogP contribution in [0.1, 0.15) is 55.6 Å². The maximum atomic E-state index is 12.4. The van der Waals surface area contributed by atoms with Gasteiger partial charge in [-0.2, -0.15) is 0 Å². The average molecular weight is 459 g/mol. The summed E-state index contributed by atoms with van der Waals surface area (Å²) in [5.74, 6) is 1.92. The van der Waals surface area contributed by atoms with Gasteiger partial charge in [0.25, 0.3) is 5.91 Å². The number of aromatic nitrogens is 7. The fraction of sp³-hybridized carbons (Fsp3) is 0.360. The summed E-state index contributed by atoms with van der Waals surface area (Å²) >= 11 is 0. The number of hydrogen-bond acceptors (Lipinski definition) is 6. The molecule has 0 radical (unpaired) electrons. The number of tetrazole rings is 1. The van der Waals surface area contributed by atoms with E-state index in [0.717, 1.165) is 47.5 Å². The third-order valence-electron chi connectivity index (χ3n) is 6.03. The highest BCUT2D eigenvalue weighted by molar-refractivity contribution is 5.90. The summed E-state index contributed by atoms with van der Waals surface area (Å²) in [6, 6.07) is 16.4. The van der Waals surface area contributed by atoms with Crippen molar-refractivity contribution in [1.29, 1.82) is 0 Å². The zero-order valence-electron chi connectivity index (χ0n) is 19.8. The lowest BCUT2D eigenvalue weighted by Gasteiger charge is -2.14. The number of aromatic amines is 1. The normalized spacial score (nSPS) is 11.2. The SMILES string of the molecule is CCNC(=O)c1nc(Cc2ccc(-c3ccccc3-c3nnn[nH]3)cc2)n(CC(CC)CC)n1. The molecule has 4 rings (SSSR count). The number of nitrogens with zero attached hydrogens (tertiary/aromatic N) is 6. The van der Waals surface area contributed by atoms with Crippen LogP contribution >= 0.6 is 0 Å². The van der Waals surface area contributed by atoms with Crippen LogP contribution in [0.5, 0.6) is 0 Å². The highest BCUT2D eigenvalue weighted by Crippen LogP contribution is 2.30. The molecule has 4 aromatic rings. The molecule has 2 N–H and O–H groups in total. The average Bonchev–Trinajstić information content (AvgIpc) is 3.54. The molecule has 0 unspecified atom stereocenters. The molecule has 9 nitrogen and oxygen atoms in total. The van der Waals surface area contributed by atoms with Gasteiger partial charge in [-0.3, -0.25) is 4.79 Å². The predicted molar refractivity (Wildman–Crippen MR) is 130 cm³/mol. The highest BCUT2D eigenvalue weighted by atomic mass is 16.2. The summed E-state index contributed by atoms with van der Waals surface area (Å²) in [5.41, 5.74) is 4.15. The molecular formula is C25H30N8O. The first-order valence-corrected chi connectivity index (χ1v) is 11.8. The van der Waals surface area contributed by atoms with Crippen molar-refractivity contribution >= 4 is 5.91 Å². The molecule has 0 fully saturated rings. The van der Waals surface area contributed by atoms with Crippen LogP contribution in [0.3, 0.4) is 0 Å². The number of benzene rings is 2. The smallest absolute Gasteiger partial charge is 0.290 e. The molecule has 0 atom stereocenters. The van der Waals surface area contributed by atoms with Crippen LogP contribution < -0.4 is 5.32 Å². The second-order valence-corrected chi connectivity index (χ2v) is 8.24. The third-order valence-corrected chi connectivity index (χ3v) is 6.03. The zero-order valence-corrected chi connectivity index (χ0v) is 19.8. The van der Waals surface area contributed by atoms with Crippen LogP contribution in [0.4, 0.5) is 0 Å². The maximum Gasteiger partial charge on any atom is 0.290 e. The Morgan fingerprint density at radius 2 is 1.76 bits per heavy atom. The fourth-order valence-corrected chi connectivity index (χ4v) is 3.98. The van der Waals surface area contributed by atoms with Crippen molar-refractivity contribution in [2.75, 3.05) is 6.54 Å². The van der Waals surface area contributed by atoms with E-state index in [-0.39, 0.29) is 11.7 Å². The monoisotopic (exact) mass is 458 g/mol.